The molecule has 6 aliphatic heterocycles. The Balaban J connectivity index is 1.16. The fraction of sp³-hybridized carbons (Fsp3) is 0.791. The summed E-state index contributed by atoms with van der Waals surface area (Å²) in [6, 6.07) is -2.54. The normalized spacial score (nSPS) is 41.8. The molecular weight excluding hydrogens is 1440 g/mol. The summed E-state index contributed by atoms with van der Waals surface area (Å²) in [5, 5.41) is 71.5. The van der Waals surface area contributed by atoms with E-state index < -0.39 is 180 Å². The van der Waals surface area contributed by atoms with Crippen LogP contribution in [0, 0.1) is 59.2 Å². The van der Waals surface area contributed by atoms with E-state index in [0.29, 0.717) is 101 Å². The Kier molecular flexibility index (Phi) is 34.3. The van der Waals surface area contributed by atoms with Gasteiger partial charge >= 0.3 is 11.9 Å². The van der Waals surface area contributed by atoms with Crippen LogP contribution >= 0.6 is 0 Å². The van der Waals surface area contributed by atoms with Crippen LogP contribution in [0.1, 0.15) is 210 Å². The lowest BCUT2D eigenvalue weighted by Crippen LogP contribution is -2.64. The molecule has 6 N–H and O–H groups in total. The molecule has 632 valence electrons. The van der Waals surface area contributed by atoms with Crippen LogP contribution in [0.2, 0.25) is 0 Å². The Labute approximate surface area is 663 Å². The highest BCUT2D eigenvalue weighted by molar-refractivity contribution is 6.39. The summed E-state index contributed by atoms with van der Waals surface area (Å²) in [7, 11) is 9.04. The third-order valence-corrected chi connectivity index (χ3v) is 25.9. The van der Waals surface area contributed by atoms with Crippen molar-refractivity contribution in [2.45, 2.75) is 320 Å². The number of cyclic esters (lactones) is 2. The van der Waals surface area contributed by atoms with Crippen molar-refractivity contribution in [1.82, 2.24) is 9.80 Å². The molecular formula is C86H134N2O24. The van der Waals surface area contributed by atoms with Gasteiger partial charge in [0, 0.05) is 104 Å². The average Bonchev–Trinajstić information content (AvgIpc) is 0.788. The maximum Gasteiger partial charge on any atom is 0.329 e. The minimum Gasteiger partial charge on any atom is -0.456 e. The van der Waals surface area contributed by atoms with E-state index in [-0.39, 0.29) is 99.7 Å². The van der Waals surface area contributed by atoms with Gasteiger partial charge in [0.05, 0.1) is 61.0 Å². The van der Waals surface area contributed by atoms with E-state index in [1.807, 2.05) is 64.2 Å². The second-order valence-electron chi connectivity index (χ2n) is 34.4. The molecule has 6 heterocycles. The minimum atomic E-state index is -2.63. The summed E-state index contributed by atoms with van der Waals surface area (Å²) in [6.45, 7) is 17.9. The molecule has 0 aromatic heterocycles. The van der Waals surface area contributed by atoms with Gasteiger partial charge in [0.15, 0.2) is 0 Å². The molecule has 4 bridgehead atoms. The average molecular weight is 1580 g/mol. The van der Waals surface area contributed by atoms with Crippen molar-refractivity contribution >= 4 is 46.9 Å². The number of nitrogens with zero attached hydrogens (tertiary/aromatic N) is 2. The lowest BCUT2D eigenvalue weighted by atomic mass is 9.81. The van der Waals surface area contributed by atoms with Gasteiger partial charge in [-0.3, -0.25) is 28.8 Å². The topological polar surface area (TPSA) is 357 Å². The lowest BCUT2D eigenvalue weighted by Gasteiger charge is -2.47. The molecule has 2 aliphatic carbocycles. The minimum absolute atomic E-state index is 0.000702. The van der Waals surface area contributed by atoms with Gasteiger partial charge in [0.1, 0.15) is 48.1 Å². The number of methoxy groups -OCH3 is 6. The molecule has 6 fully saturated rings. The number of aliphatic hydroxyl groups excluding tert-OH is 4. The molecule has 0 radical (unpaired) electrons. The first-order valence-corrected chi connectivity index (χ1v) is 41.3. The highest BCUT2D eigenvalue weighted by Crippen LogP contribution is 2.43. The van der Waals surface area contributed by atoms with Crippen molar-refractivity contribution in [3.63, 3.8) is 0 Å². The number of ketones is 4. The number of amides is 2. The van der Waals surface area contributed by atoms with Crippen LogP contribution in [-0.4, -0.2) is 252 Å². The van der Waals surface area contributed by atoms with Crippen LogP contribution in [0.15, 0.2) is 58.7 Å². The number of carbonyl (C=O) groups excluding carboxylic acids is 8. The van der Waals surface area contributed by atoms with Crippen molar-refractivity contribution in [1.29, 1.82) is 0 Å². The number of aliphatic hydroxyl groups is 6. The molecule has 28 atom stereocenters. The first-order valence-electron chi connectivity index (χ1n) is 41.3. The maximum atomic E-state index is 15.3. The molecule has 112 heavy (non-hydrogen) atoms. The van der Waals surface area contributed by atoms with E-state index in [0.717, 1.165) is 20.9 Å². The van der Waals surface area contributed by atoms with Gasteiger partial charge in [-0.2, -0.15) is 0 Å². The predicted octanol–water partition coefficient (Wildman–Crippen LogP) is 8.48. The number of hydrogen-bond donors (Lipinski definition) is 6. The first kappa shape index (κ1) is 92.2. The highest BCUT2D eigenvalue weighted by Gasteiger charge is 2.59. The molecule has 0 aromatic rings. The fourth-order valence-corrected chi connectivity index (χ4v) is 19.0. The molecule has 2 amide bonds. The zero-order valence-corrected chi connectivity index (χ0v) is 69.4. The van der Waals surface area contributed by atoms with Crippen molar-refractivity contribution in [3.05, 3.63) is 58.7 Å². The number of ether oxygens (including phenoxy) is 10. The highest BCUT2D eigenvalue weighted by atomic mass is 16.7. The lowest BCUT2D eigenvalue weighted by molar-refractivity contribution is -0.302. The quantitative estimate of drug-likeness (QED) is 0.0539. The van der Waals surface area contributed by atoms with Crippen molar-refractivity contribution in [2.24, 2.45) is 59.2 Å². The van der Waals surface area contributed by atoms with E-state index >= 15 is 9.59 Å². The van der Waals surface area contributed by atoms with Crippen LogP contribution in [0.25, 0.3) is 0 Å². The van der Waals surface area contributed by atoms with Crippen molar-refractivity contribution in [2.75, 3.05) is 55.7 Å². The third-order valence-electron chi connectivity index (χ3n) is 25.9. The second kappa shape index (κ2) is 41.7. The Morgan fingerprint density at radius 2 is 0.795 bits per heavy atom. The van der Waals surface area contributed by atoms with E-state index in [1.54, 1.807) is 41.5 Å². The zero-order valence-electron chi connectivity index (χ0n) is 69.4. The van der Waals surface area contributed by atoms with Crippen LogP contribution in [0.5, 0.6) is 0 Å². The maximum absolute atomic E-state index is 15.3. The Bertz CT molecular complexity index is 3160. The molecule has 0 spiro atoms. The molecule has 4 saturated heterocycles. The second-order valence-corrected chi connectivity index (χ2v) is 34.4. The Morgan fingerprint density at radius 1 is 0.455 bits per heavy atom. The van der Waals surface area contributed by atoms with Gasteiger partial charge < -0.3 is 87.8 Å². The number of fused-ring (bicyclic) bond motifs is 6. The molecule has 26 heteroatoms. The van der Waals surface area contributed by atoms with Gasteiger partial charge in [-0.1, -0.05) is 89.1 Å². The number of esters is 2. The number of rotatable bonds is 14. The van der Waals surface area contributed by atoms with Crippen LogP contribution in [-0.2, 0) is 85.7 Å². The SMILES string of the molecule is CO[C@H]1C[C@@H](C)C/C(C)=C\[C@@H](C/C=C/C[C@@H]2/C=C(\C)C[C@H](C)C[C@H](OC)[C@H]3O[C@@](O)(C(=O)C(=O)N4CCCC[C@H]4C(=O)O[C@H](/C(C)=C/[C@@H]4CC[C@@H](O)[C@H](OC)C4)[C@H](C)[C@@H](O)CC2=O)[C@H](C)C[C@@H]3OC)C(=O)C[C@H](O)[C@@H](C)[C@@H](/C(C)=C/[C@@H]2CC[C@@H](O)[C@H](OC)C2)OC(=O)C2CCCCN2C(=O)C(=O)[C@]2(O)O[C@H]1[C@@H](OC)C[C@H]2C. The first-order chi connectivity index (χ1) is 53.1. The molecule has 2 saturated carbocycles. The van der Waals surface area contributed by atoms with E-state index in [9.17, 15) is 59.4 Å². The largest absolute Gasteiger partial charge is 0.456 e. The van der Waals surface area contributed by atoms with Gasteiger partial charge in [-0.15, -0.1) is 0 Å². The summed E-state index contributed by atoms with van der Waals surface area (Å²) in [5.74, 6) is -18.4. The van der Waals surface area contributed by atoms with Gasteiger partial charge in [0.25, 0.3) is 23.4 Å². The number of Topliss-reactive ketones (excluding diaryl/α,β-unsaturated/α-hetero) is 4. The molecule has 8 rings (SSSR count). The number of carbonyl (C=O) groups is 8. The summed E-state index contributed by atoms with van der Waals surface area (Å²) in [5.41, 5.74) is 2.73. The van der Waals surface area contributed by atoms with E-state index in [2.05, 4.69) is 0 Å². The van der Waals surface area contributed by atoms with E-state index in [1.165, 1.54) is 42.7 Å². The Morgan fingerprint density at radius 3 is 1.13 bits per heavy atom. The van der Waals surface area contributed by atoms with Gasteiger partial charge in [-0.05, 0) is 191 Å². The van der Waals surface area contributed by atoms with Crippen LogP contribution in [0.3, 0.4) is 0 Å². The van der Waals surface area contributed by atoms with E-state index in [4.69, 9.17) is 47.4 Å². The summed E-state index contributed by atoms with van der Waals surface area (Å²) in [4.78, 5) is 122. The smallest absolute Gasteiger partial charge is 0.329 e. The Hall–Kier alpha value is -5.30. The van der Waals surface area contributed by atoms with Crippen LogP contribution < -0.4 is 0 Å². The summed E-state index contributed by atoms with van der Waals surface area (Å²) >= 11 is 0. The monoisotopic (exact) mass is 1580 g/mol. The van der Waals surface area contributed by atoms with Crippen molar-refractivity contribution < 1.29 is 116 Å². The number of allylic oxidation sites excluding steroid dienone is 8. The molecule has 0 aromatic carbocycles. The van der Waals surface area contributed by atoms with Crippen molar-refractivity contribution in [3.8, 4) is 0 Å². The number of piperidine rings is 2. The molecule has 1 unspecified atom stereocenters. The molecule has 8 aliphatic rings. The van der Waals surface area contributed by atoms with Gasteiger partial charge in [0.2, 0.25) is 11.6 Å². The van der Waals surface area contributed by atoms with Gasteiger partial charge in [-0.25, -0.2) is 9.59 Å². The fourth-order valence-electron chi connectivity index (χ4n) is 19.0. The number of hydrogen-bond acceptors (Lipinski definition) is 24. The van der Waals surface area contributed by atoms with Crippen LogP contribution in [0.4, 0.5) is 0 Å². The standard InChI is InChI=1S/C86H134N2O24/c1-47-33-49(3)37-71(105-13)77-73(107-15)41-53(7)85(101,111-77)79(95)81(97)87-31-21-19-25-61(87)83(99)109-75(51(5)39-57-27-29-63(89)69(43-57)103-11)55(9)65(91)45-67(93)59(35-47)23-17-18-24-60-36-48(2)34-50(4)38-72(106-14)78-74(108-16)42-54(8)86(102,112-78)80(96)82(98)88-32-22-20-26-62(88)84(100)110-76(56(10)66(92)46-68(60)94)52(6)40-58-28-30-64(90)70(44-58)104-12/h17-18,35-36,39-40,49-50,53-66,69-78,89-92,101-102H,19-34,37-38,41-46H2,1-16H3/b18-17+,47-35-,48-36+,51-39+,52-40+/t49-,50-,53+,54+,55+,56+,57-,58-,59+,60+,61?,62-,63+,64+,65-,66-,69+,70+,71-,72-,73-,74-,75+,76+,77+,78+,85+,86+/m0/s1. The summed E-state index contributed by atoms with van der Waals surface area (Å²) < 4.78 is 61.2. The zero-order chi connectivity index (χ0) is 82.4. The molecule has 26 nitrogen and oxygen atoms in total. The predicted molar refractivity (Wildman–Crippen MR) is 414 cm³/mol. The third kappa shape index (κ3) is 22.5. The summed E-state index contributed by atoms with van der Waals surface area (Å²) in [6.07, 6.45) is 5.17.